The third kappa shape index (κ3) is 2.28. The Morgan fingerprint density at radius 2 is 2.13 bits per heavy atom. The highest BCUT2D eigenvalue weighted by Gasteiger charge is 2.44. The lowest BCUT2D eigenvalue weighted by atomic mass is 9.99. The maximum Gasteiger partial charge on any atom is 0.241 e. The average Bonchev–Trinajstić information content (AvgIpc) is 2.38. The van der Waals surface area contributed by atoms with Gasteiger partial charge in [-0.1, -0.05) is 6.92 Å². The molecule has 2 bridgehead atoms. The van der Waals surface area contributed by atoms with Gasteiger partial charge in [0.15, 0.2) is 0 Å². The average molecular weight is 226 g/mol. The van der Waals surface area contributed by atoms with E-state index in [1.165, 1.54) is 12.2 Å². The van der Waals surface area contributed by atoms with Crippen LogP contribution in [-0.4, -0.2) is 20.0 Å². The minimum Gasteiger partial charge on any atom is -0.547 e. The molecule has 2 rings (SSSR count). The van der Waals surface area contributed by atoms with Gasteiger partial charge in [-0.3, -0.25) is 0 Å². The lowest BCUT2D eigenvalue weighted by Crippen LogP contribution is -2.36. The van der Waals surface area contributed by atoms with Crippen LogP contribution < -0.4 is 0 Å². The fourth-order valence-electron chi connectivity index (χ4n) is 2.44. The SMILES string of the molecule is C[C@H]1C(O[Si](C)(C)C)=C[C@]2(C)CC[C@H]1O2. The van der Waals surface area contributed by atoms with Gasteiger partial charge in [0.1, 0.15) is 0 Å². The van der Waals surface area contributed by atoms with Gasteiger partial charge in [-0.05, 0) is 45.5 Å². The highest BCUT2D eigenvalue weighted by atomic mass is 28.4. The molecular weight excluding hydrogens is 204 g/mol. The molecule has 0 saturated carbocycles. The molecule has 0 radical (unpaired) electrons. The van der Waals surface area contributed by atoms with Crippen LogP contribution in [0.2, 0.25) is 19.6 Å². The Morgan fingerprint density at radius 1 is 1.47 bits per heavy atom. The van der Waals surface area contributed by atoms with Crippen molar-refractivity contribution in [3.8, 4) is 0 Å². The van der Waals surface area contributed by atoms with E-state index in [9.17, 15) is 0 Å². The smallest absolute Gasteiger partial charge is 0.241 e. The Labute approximate surface area is 93.8 Å². The quantitative estimate of drug-likeness (QED) is 0.673. The number of hydrogen-bond donors (Lipinski definition) is 0. The van der Waals surface area contributed by atoms with Crippen molar-refractivity contribution in [2.75, 3.05) is 0 Å². The van der Waals surface area contributed by atoms with Gasteiger partial charge in [0.2, 0.25) is 8.32 Å². The molecule has 0 spiro atoms. The van der Waals surface area contributed by atoms with Crippen molar-refractivity contribution in [1.29, 1.82) is 0 Å². The summed E-state index contributed by atoms with van der Waals surface area (Å²) >= 11 is 0. The fourth-order valence-corrected chi connectivity index (χ4v) is 3.39. The molecule has 0 aromatic heterocycles. The van der Waals surface area contributed by atoms with Crippen molar-refractivity contribution in [2.45, 2.75) is 58.0 Å². The van der Waals surface area contributed by atoms with Crippen molar-refractivity contribution in [3.05, 3.63) is 11.8 Å². The number of hydrogen-bond acceptors (Lipinski definition) is 2. The molecule has 0 aliphatic carbocycles. The van der Waals surface area contributed by atoms with Gasteiger partial charge >= 0.3 is 0 Å². The monoisotopic (exact) mass is 226 g/mol. The van der Waals surface area contributed by atoms with Crippen LogP contribution in [0, 0.1) is 5.92 Å². The second kappa shape index (κ2) is 3.35. The van der Waals surface area contributed by atoms with E-state index in [0.29, 0.717) is 12.0 Å². The van der Waals surface area contributed by atoms with Crippen molar-refractivity contribution in [1.82, 2.24) is 0 Å². The van der Waals surface area contributed by atoms with Gasteiger partial charge in [-0.2, -0.15) is 0 Å². The number of ether oxygens (including phenoxy) is 1. The highest BCUT2D eigenvalue weighted by Crippen LogP contribution is 2.43. The second-order valence-electron chi connectivity index (χ2n) is 6.06. The summed E-state index contributed by atoms with van der Waals surface area (Å²) < 4.78 is 12.2. The molecule has 0 unspecified atom stereocenters. The Balaban J connectivity index is 2.21. The molecular formula is C12H22O2Si. The van der Waals surface area contributed by atoms with E-state index < -0.39 is 8.32 Å². The van der Waals surface area contributed by atoms with E-state index >= 15 is 0 Å². The number of rotatable bonds is 2. The third-order valence-electron chi connectivity index (χ3n) is 3.22. The summed E-state index contributed by atoms with van der Waals surface area (Å²) in [5.74, 6) is 1.62. The van der Waals surface area contributed by atoms with E-state index in [-0.39, 0.29) is 5.60 Å². The molecule has 0 aromatic carbocycles. The Morgan fingerprint density at radius 3 is 2.73 bits per heavy atom. The summed E-state index contributed by atoms with van der Waals surface area (Å²) in [7, 11) is -1.47. The fraction of sp³-hybridized carbons (Fsp3) is 0.833. The third-order valence-corrected chi connectivity index (χ3v) is 4.07. The van der Waals surface area contributed by atoms with Gasteiger partial charge in [-0.25, -0.2) is 0 Å². The van der Waals surface area contributed by atoms with Crippen LogP contribution in [0.5, 0.6) is 0 Å². The van der Waals surface area contributed by atoms with Crippen LogP contribution in [0.4, 0.5) is 0 Å². The zero-order chi connectivity index (χ0) is 11.3. The van der Waals surface area contributed by atoms with Gasteiger partial charge in [-0.15, -0.1) is 0 Å². The van der Waals surface area contributed by atoms with Crippen molar-refractivity contribution in [3.63, 3.8) is 0 Å². The minimum absolute atomic E-state index is 0.0494. The molecule has 2 nitrogen and oxygen atoms in total. The summed E-state index contributed by atoms with van der Waals surface area (Å²) in [6, 6.07) is 0. The van der Waals surface area contributed by atoms with Crippen LogP contribution in [0.25, 0.3) is 0 Å². The normalized spacial score (nSPS) is 40.2. The summed E-state index contributed by atoms with van der Waals surface area (Å²) in [6.07, 6.45) is 4.92. The second-order valence-corrected chi connectivity index (χ2v) is 10.5. The Bertz CT molecular complexity index is 292. The first-order chi connectivity index (χ1) is 6.79. The molecule has 86 valence electrons. The van der Waals surface area contributed by atoms with E-state index in [1.807, 2.05) is 0 Å². The van der Waals surface area contributed by atoms with E-state index in [2.05, 4.69) is 39.6 Å². The predicted molar refractivity (Wildman–Crippen MR) is 64.2 cm³/mol. The zero-order valence-corrected chi connectivity index (χ0v) is 11.5. The summed E-state index contributed by atoms with van der Waals surface area (Å²) in [5.41, 5.74) is -0.0494. The topological polar surface area (TPSA) is 18.5 Å². The van der Waals surface area contributed by atoms with Gasteiger partial charge in [0, 0.05) is 5.92 Å². The molecule has 0 aromatic rings. The molecule has 2 aliphatic heterocycles. The molecule has 1 fully saturated rings. The Hall–Kier alpha value is -0.283. The van der Waals surface area contributed by atoms with E-state index in [4.69, 9.17) is 9.16 Å². The van der Waals surface area contributed by atoms with Gasteiger partial charge in [0.25, 0.3) is 0 Å². The summed E-state index contributed by atoms with van der Waals surface area (Å²) in [6.45, 7) is 11.1. The molecule has 1 saturated heterocycles. The molecule has 0 N–H and O–H groups in total. The van der Waals surface area contributed by atoms with Crippen molar-refractivity contribution < 1.29 is 9.16 Å². The molecule has 3 heteroatoms. The molecule has 15 heavy (non-hydrogen) atoms. The van der Waals surface area contributed by atoms with Gasteiger partial charge in [0.05, 0.1) is 17.5 Å². The largest absolute Gasteiger partial charge is 0.547 e. The number of fused-ring (bicyclic) bond motifs is 2. The highest BCUT2D eigenvalue weighted by molar-refractivity contribution is 6.70. The van der Waals surface area contributed by atoms with Crippen LogP contribution >= 0.6 is 0 Å². The zero-order valence-electron chi connectivity index (χ0n) is 10.5. The van der Waals surface area contributed by atoms with Crippen LogP contribution in [0.1, 0.15) is 26.7 Å². The maximum absolute atomic E-state index is 6.16. The first-order valence-corrected chi connectivity index (χ1v) is 9.29. The van der Waals surface area contributed by atoms with Crippen LogP contribution in [0.15, 0.2) is 11.8 Å². The first-order valence-electron chi connectivity index (χ1n) is 5.89. The maximum atomic E-state index is 6.16. The molecule has 3 atom stereocenters. The first kappa shape index (κ1) is 11.2. The van der Waals surface area contributed by atoms with E-state index in [1.54, 1.807) is 0 Å². The summed E-state index contributed by atoms with van der Waals surface area (Å²) in [5, 5.41) is 0. The minimum atomic E-state index is -1.47. The molecule has 2 aliphatic rings. The van der Waals surface area contributed by atoms with Crippen LogP contribution in [0.3, 0.4) is 0 Å². The van der Waals surface area contributed by atoms with Crippen LogP contribution in [-0.2, 0) is 9.16 Å². The standard InChI is InChI=1S/C12H22O2Si/c1-9-10-6-7-12(2,13-10)8-11(9)14-15(3,4)5/h8-10H,6-7H2,1-5H3/t9-,10-,12+/m1/s1. The molecule has 2 heterocycles. The summed E-state index contributed by atoms with van der Waals surface area (Å²) in [4.78, 5) is 0. The Kier molecular flexibility index (Phi) is 2.51. The predicted octanol–water partition coefficient (Wildman–Crippen LogP) is 3.31. The lowest BCUT2D eigenvalue weighted by Gasteiger charge is -2.35. The van der Waals surface area contributed by atoms with Crippen molar-refractivity contribution in [2.24, 2.45) is 5.92 Å². The van der Waals surface area contributed by atoms with E-state index in [0.717, 1.165) is 6.42 Å². The lowest BCUT2D eigenvalue weighted by molar-refractivity contribution is -0.0368. The molecule has 0 amide bonds. The van der Waals surface area contributed by atoms with Gasteiger partial charge < -0.3 is 9.16 Å². The van der Waals surface area contributed by atoms with Crippen molar-refractivity contribution >= 4 is 8.32 Å².